The summed E-state index contributed by atoms with van der Waals surface area (Å²) >= 11 is 0. The Morgan fingerprint density at radius 3 is 2.56 bits per heavy atom. The molecule has 1 aliphatic heterocycles. The van der Waals surface area contributed by atoms with Crippen molar-refractivity contribution in [2.75, 3.05) is 13.1 Å². The quantitative estimate of drug-likeness (QED) is 0.516. The molecular weight excluding hydrogens is 443 g/mol. The smallest absolute Gasteiger partial charge is 0.330 e. The molecular formula is C25H26F3N5O. The maximum Gasteiger partial charge on any atom is 0.433 e. The minimum absolute atomic E-state index is 0.0109. The number of hydrogen-bond acceptors (Lipinski definition) is 5. The van der Waals surface area contributed by atoms with Gasteiger partial charge < -0.3 is 5.73 Å². The second kappa shape index (κ2) is 9.13. The highest BCUT2D eigenvalue weighted by Crippen LogP contribution is 2.32. The van der Waals surface area contributed by atoms with Crippen LogP contribution in [0.4, 0.5) is 13.2 Å². The van der Waals surface area contributed by atoms with E-state index in [0.717, 1.165) is 16.7 Å². The second-order valence-electron chi connectivity index (χ2n) is 8.77. The van der Waals surface area contributed by atoms with E-state index in [2.05, 4.69) is 15.0 Å². The van der Waals surface area contributed by atoms with Crippen LogP contribution in [0.2, 0.25) is 0 Å². The van der Waals surface area contributed by atoms with Gasteiger partial charge in [-0.05, 0) is 43.0 Å². The monoisotopic (exact) mass is 469 g/mol. The lowest BCUT2D eigenvalue weighted by atomic mass is 9.91. The number of carbonyl (C=O) groups excluding carboxylic acids is 1. The molecule has 178 valence electrons. The van der Waals surface area contributed by atoms with Crippen LogP contribution in [-0.4, -0.2) is 45.1 Å². The number of aryl methyl sites for hydroxylation is 2. The Kier molecular flexibility index (Phi) is 6.40. The number of alkyl halides is 3. The number of hydrogen-bond donors (Lipinski definition) is 1. The van der Waals surface area contributed by atoms with E-state index >= 15 is 0 Å². The number of fused-ring (bicyclic) bond motifs is 1. The zero-order valence-corrected chi connectivity index (χ0v) is 19.3. The number of imidazole rings is 1. The topological polar surface area (TPSA) is 85.6 Å². The molecule has 34 heavy (non-hydrogen) atoms. The zero-order valence-electron chi connectivity index (χ0n) is 19.3. The summed E-state index contributed by atoms with van der Waals surface area (Å²) in [6, 6.07) is 3.91. The molecule has 0 saturated heterocycles. The predicted molar refractivity (Wildman–Crippen MR) is 125 cm³/mol. The Balaban J connectivity index is 1.65. The van der Waals surface area contributed by atoms with Gasteiger partial charge in [-0.2, -0.15) is 13.2 Å². The predicted octanol–water partition coefficient (Wildman–Crippen LogP) is 4.50. The summed E-state index contributed by atoms with van der Waals surface area (Å²) in [5, 5.41) is 0. The minimum atomic E-state index is -4.53. The fourth-order valence-corrected chi connectivity index (χ4v) is 4.47. The van der Waals surface area contributed by atoms with Crippen LogP contribution in [-0.2, 0) is 6.42 Å². The van der Waals surface area contributed by atoms with Crippen molar-refractivity contribution >= 4 is 22.7 Å². The van der Waals surface area contributed by atoms with Gasteiger partial charge in [-0.1, -0.05) is 25.1 Å². The Bertz CT molecular complexity index is 1300. The lowest BCUT2D eigenvalue weighted by molar-refractivity contribution is -0.0571. The van der Waals surface area contributed by atoms with Gasteiger partial charge in [0.05, 0.1) is 24.1 Å². The molecule has 0 aliphatic carbocycles. The zero-order chi connectivity index (χ0) is 24.6. The average Bonchev–Trinajstić information content (AvgIpc) is 3.40. The molecule has 1 aromatic carbocycles. The molecule has 3 aromatic rings. The molecule has 0 unspecified atom stereocenters. The van der Waals surface area contributed by atoms with Crippen molar-refractivity contribution in [3.05, 3.63) is 70.4 Å². The van der Waals surface area contributed by atoms with Gasteiger partial charge in [-0.15, -0.1) is 0 Å². The Hall–Kier alpha value is -3.33. The van der Waals surface area contributed by atoms with Crippen LogP contribution >= 0.6 is 0 Å². The molecule has 1 aliphatic rings. The normalized spacial score (nSPS) is 14.9. The van der Waals surface area contributed by atoms with Crippen molar-refractivity contribution in [2.45, 2.75) is 39.8 Å². The van der Waals surface area contributed by atoms with E-state index < -0.39 is 11.9 Å². The Labute approximate surface area is 195 Å². The summed E-state index contributed by atoms with van der Waals surface area (Å²) in [6.45, 7) is 6.21. The molecule has 0 saturated carbocycles. The van der Waals surface area contributed by atoms with Gasteiger partial charge >= 0.3 is 6.18 Å². The molecule has 0 amide bonds. The number of aromatic nitrogens is 3. The number of benzene rings is 1. The number of halogens is 3. The highest BCUT2D eigenvalue weighted by atomic mass is 19.4. The van der Waals surface area contributed by atoms with Crippen molar-refractivity contribution in [3.63, 3.8) is 0 Å². The average molecular weight is 470 g/mol. The standard InChI is InChI=1S/C25H26F3N5O/c1-14(12-29)8-21(34)22-15(2)9-17(10-16(22)3)11-19-24-32-13-20(33(24)7-6-30-19)18-4-5-31-23(18)25(26,27)28/h4,6-7,9-10,13-14H,5,8,11-12,29H2,1-3H3/t14-/m0/s1. The maximum absolute atomic E-state index is 13.4. The van der Waals surface area contributed by atoms with Crippen molar-refractivity contribution < 1.29 is 18.0 Å². The SMILES string of the molecule is Cc1cc(Cc2nccn3c(C4=CCN=C4C(F)(F)F)cnc23)cc(C)c1C(=O)C[C@H](C)CN. The number of nitrogens with two attached hydrogens (primary N) is 1. The van der Waals surface area contributed by atoms with Gasteiger partial charge in [0, 0.05) is 36.4 Å². The van der Waals surface area contributed by atoms with E-state index in [1.807, 2.05) is 32.9 Å². The Morgan fingerprint density at radius 2 is 1.91 bits per heavy atom. The molecule has 1 atom stereocenters. The van der Waals surface area contributed by atoms with Gasteiger partial charge in [0.1, 0.15) is 5.71 Å². The molecule has 6 nitrogen and oxygen atoms in total. The van der Waals surface area contributed by atoms with E-state index in [4.69, 9.17) is 5.73 Å². The summed E-state index contributed by atoms with van der Waals surface area (Å²) in [7, 11) is 0. The van der Waals surface area contributed by atoms with Crippen molar-refractivity contribution in [3.8, 4) is 0 Å². The fraction of sp³-hybridized carbons (Fsp3) is 0.360. The second-order valence-corrected chi connectivity index (χ2v) is 8.77. The summed E-state index contributed by atoms with van der Waals surface area (Å²) in [6.07, 6.45) is 2.34. The van der Waals surface area contributed by atoms with Gasteiger partial charge in [-0.3, -0.25) is 19.2 Å². The van der Waals surface area contributed by atoms with E-state index in [9.17, 15) is 18.0 Å². The van der Waals surface area contributed by atoms with Crippen LogP contribution in [0, 0.1) is 19.8 Å². The number of nitrogens with zero attached hydrogens (tertiary/aromatic N) is 4. The molecule has 0 bridgehead atoms. The number of Topliss-reactive ketones (excluding diaryl/α,β-unsaturated/α-hetero) is 1. The van der Waals surface area contributed by atoms with Crippen molar-refractivity contribution in [2.24, 2.45) is 16.6 Å². The lowest BCUT2D eigenvalue weighted by Gasteiger charge is -2.14. The van der Waals surface area contributed by atoms with Gasteiger partial charge in [0.25, 0.3) is 0 Å². The molecule has 9 heteroatoms. The molecule has 0 radical (unpaired) electrons. The molecule has 0 fully saturated rings. The number of carbonyl (C=O) groups is 1. The van der Waals surface area contributed by atoms with Crippen LogP contribution in [0.15, 0.2) is 41.8 Å². The van der Waals surface area contributed by atoms with Gasteiger partial charge in [0.2, 0.25) is 0 Å². The summed E-state index contributed by atoms with van der Waals surface area (Å²) in [4.78, 5) is 25.2. The summed E-state index contributed by atoms with van der Waals surface area (Å²) in [5.74, 6) is 0.185. The van der Waals surface area contributed by atoms with Crippen LogP contribution < -0.4 is 5.73 Å². The first-order chi connectivity index (χ1) is 16.1. The van der Waals surface area contributed by atoms with Crippen molar-refractivity contribution in [1.29, 1.82) is 0 Å². The third-order valence-corrected chi connectivity index (χ3v) is 6.02. The first-order valence-electron chi connectivity index (χ1n) is 11.1. The van der Waals surface area contributed by atoms with Crippen LogP contribution in [0.5, 0.6) is 0 Å². The van der Waals surface area contributed by atoms with E-state index in [1.54, 1.807) is 16.8 Å². The largest absolute Gasteiger partial charge is 0.433 e. The first kappa shape index (κ1) is 23.8. The van der Waals surface area contributed by atoms with Gasteiger partial charge in [0.15, 0.2) is 11.4 Å². The van der Waals surface area contributed by atoms with Crippen LogP contribution in [0.3, 0.4) is 0 Å². The molecule has 3 heterocycles. The molecule has 4 rings (SSSR count). The van der Waals surface area contributed by atoms with Crippen LogP contribution in [0.1, 0.15) is 51.8 Å². The highest BCUT2D eigenvalue weighted by molar-refractivity contribution is 6.27. The summed E-state index contributed by atoms with van der Waals surface area (Å²) in [5.41, 5.74) is 9.67. The first-order valence-corrected chi connectivity index (χ1v) is 11.1. The third-order valence-electron chi connectivity index (χ3n) is 6.02. The Morgan fingerprint density at radius 1 is 1.21 bits per heavy atom. The molecule has 2 N–H and O–H groups in total. The van der Waals surface area contributed by atoms with E-state index in [-0.39, 0.29) is 23.8 Å². The highest BCUT2D eigenvalue weighted by Gasteiger charge is 2.40. The third kappa shape index (κ3) is 4.52. The lowest BCUT2D eigenvalue weighted by Crippen LogP contribution is -2.23. The van der Waals surface area contributed by atoms with Gasteiger partial charge in [-0.25, -0.2) is 4.98 Å². The number of allylic oxidation sites excluding steroid dienone is 1. The number of rotatable bonds is 7. The van der Waals surface area contributed by atoms with E-state index in [1.165, 1.54) is 12.3 Å². The van der Waals surface area contributed by atoms with Crippen LogP contribution in [0.25, 0.3) is 11.2 Å². The number of aliphatic imine (C=N–C) groups is 1. The van der Waals surface area contributed by atoms with Crippen molar-refractivity contribution in [1.82, 2.24) is 14.4 Å². The molecule has 2 aromatic heterocycles. The maximum atomic E-state index is 13.4. The number of ketones is 1. The van der Waals surface area contributed by atoms with E-state index in [0.29, 0.717) is 42.0 Å². The molecule has 0 spiro atoms. The fourth-order valence-electron chi connectivity index (χ4n) is 4.47. The summed E-state index contributed by atoms with van der Waals surface area (Å²) < 4.78 is 41.8. The minimum Gasteiger partial charge on any atom is -0.330 e.